The van der Waals surface area contributed by atoms with Gasteiger partial charge in [-0.3, -0.25) is 9.79 Å². The second-order valence-corrected chi connectivity index (χ2v) is 8.57. The van der Waals surface area contributed by atoms with Gasteiger partial charge in [-0.25, -0.2) is 13.6 Å². The summed E-state index contributed by atoms with van der Waals surface area (Å²) >= 11 is 0. The zero-order valence-electron chi connectivity index (χ0n) is 18.9. The molecule has 2 heterocycles. The summed E-state index contributed by atoms with van der Waals surface area (Å²) in [6, 6.07) is 14.6. The Labute approximate surface area is 204 Å². The molecule has 4 aromatic rings. The van der Waals surface area contributed by atoms with E-state index in [2.05, 4.69) is 4.99 Å². The van der Waals surface area contributed by atoms with Crippen molar-refractivity contribution in [2.45, 2.75) is 12.5 Å². The van der Waals surface area contributed by atoms with Crippen LogP contribution in [0, 0.1) is 11.6 Å². The summed E-state index contributed by atoms with van der Waals surface area (Å²) in [7, 11) is 0. The number of hydrogen-bond donors (Lipinski definition) is 2. The van der Waals surface area contributed by atoms with Crippen molar-refractivity contribution in [1.29, 1.82) is 0 Å². The minimum Gasteiger partial charge on any atom is -0.507 e. The van der Waals surface area contributed by atoms with Gasteiger partial charge in [-0.05, 0) is 55.0 Å². The summed E-state index contributed by atoms with van der Waals surface area (Å²) in [6.45, 7) is 0.930. The fourth-order valence-corrected chi connectivity index (χ4v) is 4.41. The zero-order valence-corrected chi connectivity index (χ0v) is 18.9. The van der Waals surface area contributed by atoms with Crippen molar-refractivity contribution in [1.82, 2.24) is 4.57 Å². The second kappa shape index (κ2) is 9.26. The molecular formula is C27H21F2N3O4. The van der Waals surface area contributed by atoms with Crippen molar-refractivity contribution in [3.63, 3.8) is 0 Å². The summed E-state index contributed by atoms with van der Waals surface area (Å²) in [5.74, 6) is -2.44. The summed E-state index contributed by atoms with van der Waals surface area (Å²) in [4.78, 5) is 30.8. The Bertz CT molecular complexity index is 1560. The first-order valence-corrected chi connectivity index (χ1v) is 11.3. The minimum atomic E-state index is -1.44. The minimum absolute atomic E-state index is 0.0891. The monoisotopic (exact) mass is 489 g/mol. The third-order valence-corrected chi connectivity index (χ3v) is 6.27. The Morgan fingerprint density at radius 1 is 1.08 bits per heavy atom. The maximum Gasteiger partial charge on any atom is 0.341 e. The average molecular weight is 489 g/mol. The molecule has 0 aliphatic carbocycles. The molecule has 3 aromatic carbocycles. The van der Waals surface area contributed by atoms with E-state index in [0.29, 0.717) is 36.3 Å². The highest BCUT2D eigenvalue weighted by molar-refractivity contribution is 5.94. The lowest BCUT2D eigenvalue weighted by Crippen LogP contribution is -2.23. The molecule has 1 aliphatic rings. The Balaban J connectivity index is 1.54. The Hall–Kier alpha value is -4.53. The molecule has 182 valence electrons. The first-order valence-electron chi connectivity index (χ1n) is 11.3. The number of carboxylic acids is 1. The lowest BCUT2D eigenvalue weighted by Gasteiger charge is -2.21. The fraction of sp³-hybridized carbons (Fsp3) is 0.148. The molecule has 1 unspecified atom stereocenters. The molecule has 1 saturated heterocycles. The molecular weight excluding hydrogens is 468 g/mol. The van der Waals surface area contributed by atoms with E-state index in [1.165, 1.54) is 41.1 Å². The van der Waals surface area contributed by atoms with Gasteiger partial charge in [-0.2, -0.15) is 0 Å². The van der Waals surface area contributed by atoms with Gasteiger partial charge in [-0.1, -0.05) is 12.1 Å². The first kappa shape index (κ1) is 23.2. The number of anilines is 1. The number of phenolic OH excluding ortho intramolecular Hbond substituents is 1. The molecule has 1 atom stereocenters. The highest BCUT2D eigenvalue weighted by Crippen LogP contribution is 2.30. The fourth-order valence-electron chi connectivity index (χ4n) is 4.41. The second-order valence-electron chi connectivity index (χ2n) is 8.57. The Morgan fingerprint density at radius 3 is 2.56 bits per heavy atom. The number of benzene rings is 3. The number of pyridine rings is 1. The van der Waals surface area contributed by atoms with Crippen LogP contribution < -0.4 is 10.3 Å². The average Bonchev–Trinajstić information content (AvgIpc) is 3.33. The predicted molar refractivity (Wildman–Crippen MR) is 133 cm³/mol. The van der Waals surface area contributed by atoms with E-state index < -0.39 is 28.6 Å². The maximum absolute atomic E-state index is 15.2. The molecule has 7 nitrogen and oxygen atoms in total. The number of nitrogens with zero attached hydrogens (tertiary/aromatic N) is 3. The largest absolute Gasteiger partial charge is 0.507 e. The van der Waals surface area contributed by atoms with Gasteiger partial charge in [0.25, 0.3) is 0 Å². The molecule has 1 aliphatic heterocycles. The molecule has 9 heteroatoms. The number of para-hydroxylation sites is 1. The normalized spacial score (nSPS) is 15.7. The topological polar surface area (TPSA) is 95.1 Å². The number of fused-ring (bicyclic) bond motifs is 1. The van der Waals surface area contributed by atoms with Crippen LogP contribution in [0.25, 0.3) is 16.6 Å². The van der Waals surface area contributed by atoms with Crippen molar-refractivity contribution in [3.8, 4) is 11.4 Å². The van der Waals surface area contributed by atoms with Crippen molar-refractivity contribution in [3.05, 3.63) is 99.8 Å². The number of aromatic hydroxyl groups is 1. The van der Waals surface area contributed by atoms with Crippen LogP contribution in [0.15, 0.2) is 76.6 Å². The smallest absolute Gasteiger partial charge is 0.341 e. The van der Waals surface area contributed by atoms with Crippen molar-refractivity contribution in [2.24, 2.45) is 4.99 Å². The predicted octanol–water partition coefficient (Wildman–Crippen LogP) is 4.37. The SMILES string of the molecule is O=C(O)c1cn(-c2ccc(F)cc2)c2cc(N3CCC(N=Cc4ccccc4O)C3)c(F)cc2c1=O. The number of carboxylic acid groups (broad SMARTS) is 1. The summed E-state index contributed by atoms with van der Waals surface area (Å²) in [6.07, 6.45) is 3.43. The first-order chi connectivity index (χ1) is 17.3. The highest BCUT2D eigenvalue weighted by atomic mass is 19.1. The molecule has 36 heavy (non-hydrogen) atoms. The molecule has 0 amide bonds. The van der Waals surface area contributed by atoms with Crippen molar-refractivity contribution < 1.29 is 23.8 Å². The van der Waals surface area contributed by atoms with E-state index in [4.69, 9.17) is 0 Å². The lowest BCUT2D eigenvalue weighted by molar-refractivity contribution is 0.0695. The van der Waals surface area contributed by atoms with Gasteiger partial charge >= 0.3 is 5.97 Å². The third-order valence-electron chi connectivity index (χ3n) is 6.27. The Morgan fingerprint density at radius 2 is 1.83 bits per heavy atom. The number of aliphatic imine (C=N–C) groups is 1. The van der Waals surface area contributed by atoms with Crippen molar-refractivity contribution in [2.75, 3.05) is 18.0 Å². The van der Waals surface area contributed by atoms with Gasteiger partial charge in [0.2, 0.25) is 5.43 Å². The van der Waals surface area contributed by atoms with Gasteiger partial charge in [0, 0.05) is 42.1 Å². The van der Waals surface area contributed by atoms with Crippen LogP contribution in [0.3, 0.4) is 0 Å². The maximum atomic E-state index is 15.2. The van der Waals surface area contributed by atoms with E-state index in [-0.39, 0.29) is 22.9 Å². The Kier molecular flexibility index (Phi) is 5.97. The quantitative estimate of drug-likeness (QED) is 0.406. The molecule has 1 fully saturated rings. The molecule has 0 saturated carbocycles. The number of halogens is 2. The van der Waals surface area contributed by atoms with Gasteiger partial charge < -0.3 is 19.7 Å². The molecule has 0 radical (unpaired) electrons. The van der Waals surface area contributed by atoms with Crippen molar-refractivity contribution >= 4 is 28.8 Å². The highest BCUT2D eigenvalue weighted by Gasteiger charge is 2.26. The van der Waals surface area contributed by atoms with Crippen LogP contribution in [-0.2, 0) is 0 Å². The van der Waals surface area contributed by atoms with Gasteiger partial charge in [0.15, 0.2) is 0 Å². The van der Waals surface area contributed by atoms with E-state index >= 15 is 4.39 Å². The number of aromatic carboxylic acids is 1. The molecule has 5 rings (SSSR count). The number of carbonyl (C=O) groups is 1. The van der Waals surface area contributed by atoms with Gasteiger partial charge in [0.1, 0.15) is 22.9 Å². The number of phenols is 1. The number of hydrogen-bond acceptors (Lipinski definition) is 5. The van der Waals surface area contributed by atoms with Gasteiger partial charge in [0.05, 0.1) is 17.2 Å². The van der Waals surface area contributed by atoms with E-state index in [1.54, 1.807) is 30.5 Å². The van der Waals surface area contributed by atoms with Crippen LogP contribution in [-0.4, -0.2) is 46.1 Å². The number of aromatic nitrogens is 1. The molecule has 2 N–H and O–H groups in total. The summed E-state index contributed by atoms with van der Waals surface area (Å²) < 4.78 is 30.2. The van der Waals surface area contributed by atoms with Crippen LogP contribution in [0.2, 0.25) is 0 Å². The number of rotatable bonds is 5. The van der Waals surface area contributed by atoms with Crippen LogP contribution in [0.5, 0.6) is 5.75 Å². The van der Waals surface area contributed by atoms with E-state index in [0.717, 1.165) is 6.07 Å². The third kappa shape index (κ3) is 4.31. The molecule has 1 aromatic heterocycles. The summed E-state index contributed by atoms with van der Waals surface area (Å²) in [5.41, 5.74) is 0.250. The van der Waals surface area contributed by atoms with Gasteiger partial charge in [-0.15, -0.1) is 0 Å². The summed E-state index contributed by atoms with van der Waals surface area (Å²) in [5, 5.41) is 19.3. The van der Waals surface area contributed by atoms with Crippen LogP contribution >= 0.6 is 0 Å². The van der Waals surface area contributed by atoms with Crippen LogP contribution in [0.4, 0.5) is 14.5 Å². The van der Waals surface area contributed by atoms with E-state index in [9.17, 15) is 24.2 Å². The molecule has 0 bridgehead atoms. The molecule has 0 spiro atoms. The van der Waals surface area contributed by atoms with E-state index in [1.807, 2.05) is 4.90 Å². The van der Waals surface area contributed by atoms with Crippen LogP contribution in [0.1, 0.15) is 22.3 Å². The lowest BCUT2D eigenvalue weighted by atomic mass is 10.1. The standard InChI is InChI=1S/C27H21F2N3O4/c28-17-5-7-19(8-6-17)32-15-21(27(35)36)26(34)20-11-22(29)24(12-23(20)32)31-10-9-18(14-31)30-13-16-3-1-2-4-25(16)33/h1-8,11-13,15,18,33H,9-10,14H2,(H,35,36). The zero-order chi connectivity index (χ0) is 25.4.